The van der Waals surface area contributed by atoms with Gasteiger partial charge in [-0.3, -0.25) is 15.1 Å². The van der Waals surface area contributed by atoms with Crippen LogP contribution in [-0.2, 0) is 16.8 Å². The lowest BCUT2D eigenvalue weighted by Gasteiger charge is -2.14. The van der Waals surface area contributed by atoms with E-state index in [2.05, 4.69) is 20.9 Å². The summed E-state index contributed by atoms with van der Waals surface area (Å²) in [7, 11) is 0. The van der Waals surface area contributed by atoms with Crippen LogP contribution in [0.3, 0.4) is 0 Å². The summed E-state index contributed by atoms with van der Waals surface area (Å²) in [4.78, 5) is 28.5. The fourth-order valence-corrected chi connectivity index (χ4v) is 3.71. The molecule has 0 radical (unpaired) electrons. The smallest absolute Gasteiger partial charge is 0.324 e. The first-order valence-electron chi connectivity index (χ1n) is 12.7. The predicted octanol–water partition coefficient (Wildman–Crippen LogP) is 5.02. The van der Waals surface area contributed by atoms with Crippen molar-refractivity contribution in [1.29, 1.82) is 0 Å². The van der Waals surface area contributed by atoms with Crippen LogP contribution in [0.15, 0.2) is 66.9 Å². The van der Waals surface area contributed by atoms with Gasteiger partial charge in [0.05, 0.1) is 23.6 Å². The molecule has 4 rings (SSSR count). The van der Waals surface area contributed by atoms with Crippen LogP contribution in [0.25, 0.3) is 5.69 Å². The Bertz CT molecular complexity index is 1510. The first-order chi connectivity index (χ1) is 19.0. The van der Waals surface area contributed by atoms with Gasteiger partial charge in [-0.25, -0.2) is 13.9 Å². The number of urea groups is 1. The SMILES string of the molecule is Cc1cc(Oc2ccc(NC(=O)Nc3cc(C(C)(C)C)nn3-c3ccc(CNC(=O)CN)cc3)c(F)c2)ccn1. The highest BCUT2D eigenvalue weighted by atomic mass is 19.1. The average molecular weight is 546 g/mol. The zero-order valence-electron chi connectivity index (χ0n) is 22.8. The van der Waals surface area contributed by atoms with Crippen molar-refractivity contribution in [1.82, 2.24) is 20.1 Å². The highest BCUT2D eigenvalue weighted by Gasteiger charge is 2.22. The molecule has 0 fully saturated rings. The Labute approximate surface area is 231 Å². The number of hydrogen-bond acceptors (Lipinski definition) is 6. The second-order valence-corrected chi connectivity index (χ2v) is 10.2. The molecule has 0 spiro atoms. The first kappa shape index (κ1) is 28.2. The number of nitrogens with zero attached hydrogens (tertiary/aromatic N) is 3. The number of benzene rings is 2. The highest BCUT2D eigenvalue weighted by Crippen LogP contribution is 2.28. The van der Waals surface area contributed by atoms with E-state index in [1.165, 1.54) is 12.1 Å². The largest absolute Gasteiger partial charge is 0.457 e. The third-order valence-corrected chi connectivity index (χ3v) is 5.87. The van der Waals surface area contributed by atoms with Gasteiger partial charge in [-0.15, -0.1) is 0 Å². The topological polar surface area (TPSA) is 136 Å². The molecule has 0 aliphatic rings. The second-order valence-electron chi connectivity index (χ2n) is 10.2. The fourth-order valence-electron chi connectivity index (χ4n) is 3.71. The van der Waals surface area contributed by atoms with Gasteiger partial charge in [-0.1, -0.05) is 32.9 Å². The van der Waals surface area contributed by atoms with Gasteiger partial charge in [0.2, 0.25) is 5.91 Å². The summed E-state index contributed by atoms with van der Waals surface area (Å²) in [5.74, 6) is 0.320. The summed E-state index contributed by atoms with van der Waals surface area (Å²) in [6.07, 6.45) is 1.61. The van der Waals surface area contributed by atoms with Crippen molar-refractivity contribution >= 4 is 23.4 Å². The van der Waals surface area contributed by atoms with Crippen LogP contribution in [-0.4, -0.2) is 33.2 Å². The van der Waals surface area contributed by atoms with Crippen LogP contribution in [0.1, 0.15) is 37.7 Å². The van der Waals surface area contributed by atoms with Gasteiger partial charge in [-0.2, -0.15) is 5.10 Å². The van der Waals surface area contributed by atoms with Gasteiger partial charge in [0, 0.05) is 42.0 Å². The normalized spacial score (nSPS) is 11.2. The Morgan fingerprint density at radius 1 is 1.00 bits per heavy atom. The molecule has 0 saturated heterocycles. The molecule has 2 heterocycles. The molecule has 2 aromatic carbocycles. The minimum Gasteiger partial charge on any atom is -0.457 e. The Hall–Kier alpha value is -4.77. The van der Waals surface area contributed by atoms with E-state index in [0.29, 0.717) is 23.8 Å². The molecule has 0 aliphatic heterocycles. The summed E-state index contributed by atoms with van der Waals surface area (Å²) in [6.45, 7) is 8.13. The summed E-state index contributed by atoms with van der Waals surface area (Å²) in [6, 6.07) is 16.1. The van der Waals surface area contributed by atoms with E-state index in [1.54, 1.807) is 35.1 Å². The van der Waals surface area contributed by atoms with Gasteiger partial charge >= 0.3 is 6.03 Å². The number of halogens is 1. The molecular formula is C29H32FN7O3. The molecular weight excluding hydrogens is 513 g/mol. The molecule has 208 valence electrons. The molecule has 0 unspecified atom stereocenters. The van der Waals surface area contributed by atoms with Crippen LogP contribution in [0, 0.1) is 12.7 Å². The van der Waals surface area contributed by atoms with Crippen molar-refractivity contribution in [2.24, 2.45) is 5.73 Å². The van der Waals surface area contributed by atoms with E-state index < -0.39 is 11.8 Å². The Morgan fingerprint density at radius 3 is 2.38 bits per heavy atom. The van der Waals surface area contributed by atoms with Crippen molar-refractivity contribution in [3.05, 3.63) is 89.6 Å². The van der Waals surface area contributed by atoms with Gasteiger partial charge < -0.3 is 21.1 Å². The molecule has 10 nitrogen and oxygen atoms in total. The van der Waals surface area contributed by atoms with Gasteiger partial charge in [-0.05, 0) is 42.8 Å². The van der Waals surface area contributed by atoms with Crippen molar-refractivity contribution in [2.75, 3.05) is 17.2 Å². The lowest BCUT2D eigenvalue weighted by atomic mass is 9.92. The zero-order chi connectivity index (χ0) is 28.9. The molecule has 0 aliphatic carbocycles. The van der Waals surface area contributed by atoms with Crippen molar-refractivity contribution < 1.29 is 18.7 Å². The molecule has 0 saturated carbocycles. The minimum atomic E-state index is -0.653. The summed E-state index contributed by atoms with van der Waals surface area (Å²) in [5.41, 5.74) is 8.12. The van der Waals surface area contributed by atoms with Crippen molar-refractivity contribution in [3.8, 4) is 17.2 Å². The number of pyridine rings is 1. The van der Waals surface area contributed by atoms with Crippen LogP contribution in [0.2, 0.25) is 0 Å². The van der Waals surface area contributed by atoms with E-state index in [4.69, 9.17) is 15.6 Å². The van der Waals surface area contributed by atoms with E-state index in [9.17, 15) is 14.0 Å². The number of carbonyl (C=O) groups is 2. The number of nitrogens with two attached hydrogens (primary N) is 1. The van der Waals surface area contributed by atoms with E-state index >= 15 is 0 Å². The second kappa shape index (κ2) is 12.0. The number of aromatic nitrogens is 3. The van der Waals surface area contributed by atoms with Crippen molar-refractivity contribution in [2.45, 2.75) is 39.7 Å². The third-order valence-electron chi connectivity index (χ3n) is 5.87. The lowest BCUT2D eigenvalue weighted by Crippen LogP contribution is -2.29. The zero-order valence-corrected chi connectivity index (χ0v) is 22.8. The summed E-state index contributed by atoms with van der Waals surface area (Å²) in [5, 5.41) is 12.7. The predicted molar refractivity (Wildman–Crippen MR) is 151 cm³/mol. The molecule has 2 aromatic heterocycles. The molecule has 3 amide bonds. The highest BCUT2D eigenvalue weighted by molar-refractivity contribution is 5.99. The monoisotopic (exact) mass is 545 g/mol. The molecule has 40 heavy (non-hydrogen) atoms. The van der Waals surface area contributed by atoms with Gasteiger partial charge in [0.25, 0.3) is 0 Å². The van der Waals surface area contributed by atoms with E-state index in [0.717, 1.165) is 17.0 Å². The number of rotatable bonds is 8. The summed E-state index contributed by atoms with van der Waals surface area (Å²) >= 11 is 0. The van der Waals surface area contributed by atoms with Crippen LogP contribution >= 0.6 is 0 Å². The molecule has 4 aromatic rings. The van der Waals surface area contributed by atoms with E-state index in [-0.39, 0.29) is 29.3 Å². The van der Waals surface area contributed by atoms with Crippen LogP contribution < -0.4 is 26.4 Å². The number of nitrogens with one attached hydrogen (secondary N) is 3. The van der Waals surface area contributed by atoms with Crippen molar-refractivity contribution in [3.63, 3.8) is 0 Å². The first-order valence-corrected chi connectivity index (χ1v) is 12.7. The third kappa shape index (κ3) is 7.20. The van der Waals surface area contributed by atoms with Crippen LogP contribution in [0.4, 0.5) is 20.7 Å². The fraction of sp³-hybridized carbons (Fsp3) is 0.241. The maximum Gasteiger partial charge on any atom is 0.324 e. The Balaban J connectivity index is 1.49. The minimum absolute atomic E-state index is 0.0123. The number of ether oxygens (including phenoxy) is 1. The van der Waals surface area contributed by atoms with Gasteiger partial charge in [0.1, 0.15) is 23.1 Å². The number of carbonyl (C=O) groups excluding carboxylic acids is 2. The standard InChI is InChI=1S/C29H32FN7O3/c1-18-13-22(11-12-32-18)40-21-9-10-24(23(30)14-21)34-28(39)35-26-15-25(29(2,3)4)36-37(26)20-7-5-19(6-8-20)17-33-27(38)16-31/h5-15H,16-17,31H2,1-4H3,(H,33,38)(H2,34,35,39). The molecule has 5 N–H and O–H groups in total. The quantitative estimate of drug-likeness (QED) is 0.245. The van der Waals surface area contributed by atoms with Crippen LogP contribution in [0.5, 0.6) is 11.5 Å². The maximum atomic E-state index is 14.8. The lowest BCUT2D eigenvalue weighted by molar-refractivity contribution is -0.119. The summed E-state index contributed by atoms with van der Waals surface area (Å²) < 4.78 is 22.1. The number of aryl methyl sites for hydroxylation is 1. The molecule has 11 heteroatoms. The average Bonchev–Trinajstić information content (AvgIpc) is 3.33. The Morgan fingerprint density at radius 2 is 1.73 bits per heavy atom. The molecule has 0 bridgehead atoms. The van der Waals surface area contributed by atoms with E-state index in [1.807, 2.05) is 52.0 Å². The number of hydrogen-bond donors (Lipinski definition) is 4. The number of amides is 3. The number of anilines is 2. The Kier molecular flexibility index (Phi) is 8.44. The molecule has 0 atom stereocenters. The maximum absolute atomic E-state index is 14.8. The van der Waals surface area contributed by atoms with Gasteiger partial charge in [0.15, 0.2) is 0 Å².